The minimum absolute atomic E-state index is 0.00300. The molecule has 0 aliphatic carbocycles. The maximum atomic E-state index is 13.1. The van der Waals surface area contributed by atoms with Crippen molar-refractivity contribution in [1.29, 1.82) is 0 Å². The van der Waals surface area contributed by atoms with Crippen molar-refractivity contribution in [1.82, 2.24) is 15.2 Å². The molecule has 1 aromatic heterocycles. The predicted octanol–water partition coefficient (Wildman–Crippen LogP) is 1.07. The quantitative estimate of drug-likeness (QED) is 0.596. The third kappa shape index (κ3) is 3.97. The van der Waals surface area contributed by atoms with E-state index in [1.807, 2.05) is 24.3 Å². The van der Waals surface area contributed by atoms with Crippen LogP contribution in [0.4, 0.5) is 0 Å². The highest BCUT2D eigenvalue weighted by atomic mass is 16.3. The smallest absolute Gasteiger partial charge is 0.241 e. The van der Waals surface area contributed by atoms with Crippen LogP contribution in [0, 0.1) is 5.92 Å². The van der Waals surface area contributed by atoms with Crippen LogP contribution in [0.1, 0.15) is 23.2 Å². The number of rotatable bonds is 4. The number of hydrogen-bond acceptors (Lipinski definition) is 6. The lowest BCUT2D eigenvalue weighted by Crippen LogP contribution is -2.52. The lowest BCUT2D eigenvalue weighted by molar-refractivity contribution is -0.137. The number of likely N-dealkylation sites (tertiary alicyclic amines) is 1. The van der Waals surface area contributed by atoms with Gasteiger partial charge in [-0.15, -0.1) is 0 Å². The fourth-order valence-corrected chi connectivity index (χ4v) is 4.04. The zero-order valence-electron chi connectivity index (χ0n) is 16.0. The van der Waals surface area contributed by atoms with Gasteiger partial charge in [-0.1, -0.05) is 30.3 Å². The molecule has 2 aromatic rings. The molecule has 150 valence electrons. The van der Waals surface area contributed by atoms with Crippen LogP contribution in [0.5, 0.6) is 0 Å². The summed E-state index contributed by atoms with van der Waals surface area (Å²) in [5.74, 6) is -1.96. The number of aliphatic hydroxyl groups excluding tert-OH is 1. The Hall–Kier alpha value is -2.90. The Morgan fingerprint density at radius 3 is 2.62 bits per heavy atom. The average Bonchev–Trinajstić information content (AvgIpc) is 3.14. The molecule has 4 rings (SSSR count). The highest BCUT2D eigenvalue weighted by molar-refractivity contribution is 6.16. The first-order valence-electron chi connectivity index (χ1n) is 9.82. The number of nitrogens with zero attached hydrogens (tertiary/aromatic N) is 2. The van der Waals surface area contributed by atoms with Gasteiger partial charge in [0.15, 0.2) is 11.6 Å². The number of nitrogens with one attached hydrogen (secondary N) is 1. The first-order chi connectivity index (χ1) is 14.0. The lowest BCUT2D eigenvalue weighted by Gasteiger charge is -2.33. The molecule has 0 saturated carbocycles. The number of carbonyl (C=O) groups excluding carboxylic acids is 3. The second-order valence-electron chi connectivity index (χ2n) is 7.57. The monoisotopic (exact) mass is 393 g/mol. The summed E-state index contributed by atoms with van der Waals surface area (Å²) in [6, 6.07) is 9.88. The van der Waals surface area contributed by atoms with Gasteiger partial charge in [0.25, 0.3) is 0 Å². The molecule has 2 saturated heterocycles. The van der Waals surface area contributed by atoms with E-state index in [-0.39, 0.29) is 30.6 Å². The Morgan fingerprint density at radius 2 is 1.93 bits per heavy atom. The number of carbonyl (C=O) groups is 3. The first-order valence-corrected chi connectivity index (χ1v) is 9.82. The highest BCUT2D eigenvalue weighted by Gasteiger charge is 2.45. The van der Waals surface area contributed by atoms with Crippen molar-refractivity contribution in [2.75, 3.05) is 19.6 Å². The number of Topliss-reactive ketones (excluding diaryl/α,β-unsaturated/α-hetero) is 2. The molecule has 0 bridgehead atoms. The van der Waals surface area contributed by atoms with Gasteiger partial charge in [0, 0.05) is 31.0 Å². The number of ketones is 2. The molecule has 29 heavy (non-hydrogen) atoms. The van der Waals surface area contributed by atoms with E-state index in [4.69, 9.17) is 0 Å². The van der Waals surface area contributed by atoms with Gasteiger partial charge in [-0.2, -0.15) is 0 Å². The molecular formula is C22H23N3O4. The highest BCUT2D eigenvalue weighted by Crippen LogP contribution is 2.24. The van der Waals surface area contributed by atoms with Gasteiger partial charge in [-0.25, -0.2) is 0 Å². The summed E-state index contributed by atoms with van der Waals surface area (Å²) in [6.07, 6.45) is 4.25. The third-order valence-electron chi connectivity index (χ3n) is 5.60. The Morgan fingerprint density at radius 1 is 1.14 bits per heavy atom. The van der Waals surface area contributed by atoms with Crippen LogP contribution in [0.25, 0.3) is 11.1 Å². The summed E-state index contributed by atoms with van der Waals surface area (Å²) < 4.78 is 0. The van der Waals surface area contributed by atoms with Gasteiger partial charge >= 0.3 is 0 Å². The molecule has 2 fully saturated rings. The Kier molecular flexibility index (Phi) is 5.51. The lowest BCUT2D eigenvalue weighted by atomic mass is 9.88. The number of amides is 1. The van der Waals surface area contributed by atoms with Crippen molar-refractivity contribution >= 4 is 17.5 Å². The van der Waals surface area contributed by atoms with Crippen molar-refractivity contribution in [2.45, 2.75) is 25.0 Å². The summed E-state index contributed by atoms with van der Waals surface area (Å²) in [4.78, 5) is 44.1. The van der Waals surface area contributed by atoms with E-state index >= 15 is 0 Å². The Bertz CT molecular complexity index is 913. The number of β-amino-alcohol motifs (C(OH)–C–C–N with tert-alkyl or cyclic N) is 1. The second-order valence-corrected chi connectivity index (χ2v) is 7.57. The summed E-state index contributed by atoms with van der Waals surface area (Å²) in [6.45, 7) is 0.770. The van der Waals surface area contributed by atoms with E-state index in [9.17, 15) is 19.5 Å². The van der Waals surface area contributed by atoms with Crippen LogP contribution >= 0.6 is 0 Å². The summed E-state index contributed by atoms with van der Waals surface area (Å²) in [5.41, 5.74) is 2.25. The van der Waals surface area contributed by atoms with E-state index in [1.165, 1.54) is 0 Å². The van der Waals surface area contributed by atoms with E-state index in [1.54, 1.807) is 29.4 Å². The summed E-state index contributed by atoms with van der Waals surface area (Å²) in [5, 5.41) is 12.7. The molecule has 3 atom stereocenters. The van der Waals surface area contributed by atoms with Crippen LogP contribution < -0.4 is 5.32 Å². The standard InChI is InChI=1S/C22H23N3O4/c26-17-4-2-10-25(13-17)22(29)20-19(18(27)12-24-20)21(28)15-7-5-14(6-8-15)16-3-1-9-23-11-16/h1,3,5-9,11,17,19-20,24,26H,2,4,10,12-13H2/t17-,19-,20-/m0/s1. The van der Waals surface area contributed by atoms with E-state index < -0.39 is 18.1 Å². The molecule has 0 spiro atoms. The molecule has 2 N–H and O–H groups in total. The number of pyridine rings is 1. The Labute approximate surface area is 168 Å². The molecule has 1 aromatic carbocycles. The number of piperidine rings is 1. The molecular weight excluding hydrogens is 370 g/mol. The third-order valence-corrected chi connectivity index (χ3v) is 5.60. The van der Waals surface area contributed by atoms with Crippen molar-refractivity contribution in [2.24, 2.45) is 5.92 Å². The first kappa shape index (κ1) is 19.4. The Balaban J connectivity index is 1.53. The maximum absolute atomic E-state index is 13.1. The minimum Gasteiger partial charge on any atom is -0.391 e. The van der Waals surface area contributed by atoms with E-state index in [0.29, 0.717) is 24.9 Å². The van der Waals surface area contributed by atoms with Gasteiger partial charge < -0.3 is 10.0 Å². The molecule has 2 aliphatic heterocycles. The largest absolute Gasteiger partial charge is 0.391 e. The zero-order chi connectivity index (χ0) is 20.4. The molecule has 1 amide bonds. The molecule has 3 heterocycles. The van der Waals surface area contributed by atoms with Crippen LogP contribution in [-0.2, 0) is 9.59 Å². The normalized spacial score (nSPS) is 24.5. The fourth-order valence-electron chi connectivity index (χ4n) is 4.04. The number of aliphatic hydroxyl groups is 1. The van der Waals surface area contributed by atoms with Gasteiger partial charge in [-0.05, 0) is 30.0 Å². The second kappa shape index (κ2) is 8.23. The van der Waals surface area contributed by atoms with Crippen LogP contribution in [0.2, 0.25) is 0 Å². The zero-order valence-corrected chi connectivity index (χ0v) is 16.0. The van der Waals surface area contributed by atoms with Gasteiger partial charge in [0.2, 0.25) is 5.91 Å². The number of benzene rings is 1. The van der Waals surface area contributed by atoms with E-state index in [2.05, 4.69) is 10.3 Å². The SMILES string of the molecule is O=C1CN[C@H](C(=O)N2CCC[C@H](O)C2)[C@H]1C(=O)c1ccc(-c2cccnc2)cc1. The molecule has 0 unspecified atom stereocenters. The maximum Gasteiger partial charge on any atom is 0.241 e. The summed E-state index contributed by atoms with van der Waals surface area (Å²) >= 11 is 0. The average molecular weight is 393 g/mol. The van der Waals surface area contributed by atoms with Crippen molar-refractivity contribution in [3.05, 3.63) is 54.4 Å². The van der Waals surface area contributed by atoms with Crippen LogP contribution in [-0.4, -0.2) is 64.2 Å². The van der Waals surface area contributed by atoms with Crippen molar-refractivity contribution in [3.63, 3.8) is 0 Å². The van der Waals surface area contributed by atoms with Crippen molar-refractivity contribution in [3.8, 4) is 11.1 Å². The van der Waals surface area contributed by atoms with Crippen LogP contribution in [0.3, 0.4) is 0 Å². The fraction of sp³-hybridized carbons (Fsp3) is 0.364. The molecule has 7 heteroatoms. The minimum atomic E-state index is -1.04. The van der Waals surface area contributed by atoms with Gasteiger partial charge in [0.05, 0.1) is 12.6 Å². The number of hydrogen-bond donors (Lipinski definition) is 2. The number of aromatic nitrogens is 1. The molecule has 0 radical (unpaired) electrons. The van der Waals surface area contributed by atoms with Gasteiger partial charge in [-0.3, -0.25) is 24.7 Å². The van der Waals surface area contributed by atoms with Crippen LogP contribution in [0.15, 0.2) is 48.8 Å². The summed E-state index contributed by atoms with van der Waals surface area (Å²) in [7, 11) is 0. The molecule has 2 aliphatic rings. The van der Waals surface area contributed by atoms with Gasteiger partial charge in [0.1, 0.15) is 12.0 Å². The molecule has 7 nitrogen and oxygen atoms in total. The van der Waals surface area contributed by atoms with E-state index in [0.717, 1.165) is 11.1 Å². The van der Waals surface area contributed by atoms with Crippen molar-refractivity contribution < 1.29 is 19.5 Å². The predicted molar refractivity (Wildman–Crippen MR) is 106 cm³/mol. The topological polar surface area (TPSA) is 99.6 Å².